The van der Waals surface area contributed by atoms with Crippen LogP contribution in [0.5, 0.6) is 17.2 Å². The molecule has 1 amide bonds. The molecule has 0 aliphatic rings. The summed E-state index contributed by atoms with van der Waals surface area (Å²) in [6.07, 6.45) is -0.210. The topological polar surface area (TPSA) is 72.9 Å². The number of amides is 1. The zero-order valence-electron chi connectivity index (χ0n) is 18.8. The number of carbonyl (C=O) groups is 1. The molecular formula is C24H29N3O4S. The van der Waals surface area contributed by atoms with E-state index in [1.807, 2.05) is 30.6 Å². The van der Waals surface area contributed by atoms with Crippen LogP contribution in [0.2, 0.25) is 0 Å². The summed E-state index contributed by atoms with van der Waals surface area (Å²) in [5.74, 6) is 1.45. The standard InChI is InChI=1S/C24H29N3O4S/c1-17(12-25-24(28)21-9-6-10-22(29-3)23(21)30-4)31-20-8-5-7-18(11-20)13-27(2)14-19-15-32-16-26-19/h5-11,15-17H,12-14H2,1-4H3,(H,25,28). The second-order valence-electron chi connectivity index (χ2n) is 7.48. The van der Waals surface area contributed by atoms with Crippen molar-refractivity contribution >= 4 is 17.2 Å². The van der Waals surface area contributed by atoms with Gasteiger partial charge < -0.3 is 19.5 Å². The van der Waals surface area contributed by atoms with E-state index in [2.05, 4.69) is 33.7 Å². The van der Waals surface area contributed by atoms with E-state index in [0.717, 1.165) is 30.1 Å². The number of para-hydroxylation sites is 1. The zero-order chi connectivity index (χ0) is 22.9. The Labute approximate surface area is 193 Å². The van der Waals surface area contributed by atoms with Gasteiger partial charge in [0.15, 0.2) is 11.5 Å². The van der Waals surface area contributed by atoms with Gasteiger partial charge in [-0.1, -0.05) is 18.2 Å². The highest BCUT2D eigenvalue weighted by atomic mass is 32.1. The zero-order valence-corrected chi connectivity index (χ0v) is 19.6. The van der Waals surface area contributed by atoms with Gasteiger partial charge in [-0.15, -0.1) is 11.3 Å². The summed E-state index contributed by atoms with van der Waals surface area (Å²) in [5, 5.41) is 4.97. The van der Waals surface area contributed by atoms with Gasteiger partial charge in [0, 0.05) is 18.5 Å². The lowest BCUT2D eigenvalue weighted by molar-refractivity contribution is 0.0928. The molecule has 0 saturated heterocycles. The molecular weight excluding hydrogens is 426 g/mol. The van der Waals surface area contributed by atoms with Crippen molar-refractivity contribution in [2.45, 2.75) is 26.1 Å². The molecule has 0 radical (unpaired) electrons. The molecule has 1 aromatic heterocycles. The van der Waals surface area contributed by atoms with Gasteiger partial charge in [0.1, 0.15) is 11.9 Å². The van der Waals surface area contributed by atoms with E-state index >= 15 is 0 Å². The Kier molecular flexibility index (Phi) is 8.47. The van der Waals surface area contributed by atoms with Crippen LogP contribution in [0.3, 0.4) is 0 Å². The largest absolute Gasteiger partial charge is 0.493 e. The second-order valence-corrected chi connectivity index (χ2v) is 8.20. The number of nitrogens with one attached hydrogen (secondary N) is 1. The van der Waals surface area contributed by atoms with E-state index in [1.54, 1.807) is 36.6 Å². The van der Waals surface area contributed by atoms with Crippen molar-refractivity contribution in [1.29, 1.82) is 0 Å². The molecule has 1 N–H and O–H groups in total. The molecule has 0 fully saturated rings. The molecule has 7 nitrogen and oxygen atoms in total. The predicted molar refractivity (Wildman–Crippen MR) is 126 cm³/mol. The first-order valence-electron chi connectivity index (χ1n) is 10.3. The Morgan fingerprint density at radius 1 is 1.16 bits per heavy atom. The molecule has 32 heavy (non-hydrogen) atoms. The highest BCUT2D eigenvalue weighted by molar-refractivity contribution is 7.07. The third-order valence-electron chi connectivity index (χ3n) is 4.80. The van der Waals surface area contributed by atoms with E-state index in [4.69, 9.17) is 14.2 Å². The van der Waals surface area contributed by atoms with E-state index in [9.17, 15) is 4.79 Å². The van der Waals surface area contributed by atoms with Gasteiger partial charge in [-0.2, -0.15) is 0 Å². The van der Waals surface area contributed by atoms with Crippen LogP contribution in [0, 0.1) is 0 Å². The minimum Gasteiger partial charge on any atom is -0.493 e. The molecule has 0 spiro atoms. The van der Waals surface area contributed by atoms with Gasteiger partial charge in [0.25, 0.3) is 5.91 Å². The second kappa shape index (κ2) is 11.5. The lowest BCUT2D eigenvalue weighted by Crippen LogP contribution is -2.33. The average molecular weight is 456 g/mol. The number of carbonyl (C=O) groups excluding carboxylic acids is 1. The summed E-state index contributed by atoms with van der Waals surface area (Å²) in [4.78, 5) is 19.2. The first-order chi connectivity index (χ1) is 15.5. The Morgan fingerprint density at radius 2 is 1.97 bits per heavy atom. The first-order valence-corrected chi connectivity index (χ1v) is 11.2. The maximum Gasteiger partial charge on any atom is 0.255 e. The Hall–Kier alpha value is -3.10. The molecule has 1 unspecified atom stereocenters. The van der Waals surface area contributed by atoms with Crippen LogP contribution in [0.25, 0.3) is 0 Å². The molecule has 3 aromatic rings. The van der Waals surface area contributed by atoms with Crippen molar-refractivity contribution in [2.24, 2.45) is 0 Å². The summed E-state index contributed by atoms with van der Waals surface area (Å²) < 4.78 is 16.6. The van der Waals surface area contributed by atoms with Gasteiger partial charge in [0.2, 0.25) is 0 Å². The quantitative estimate of drug-likeness (QED) is 0.471. The minimum absolute atomic E-state index is 0.210. The van der Waals surface area contributed by atoms with E-state index in [-0.39, 0.29) is 12.0 Å². The molecule has 170 valence electrons. The summed E-state index contributed by atoms with van der Waals surface area (Å²) in [6.45, 7) is 3.86. The number of hydrogen-bond donors (Lipinski definition) is 1. The molecule has 0 saturated carbocycles. The van der Waals surface area contributed by atoms with E-state index in [1.165, 1.54) is 7.11 Å². The van der Waals surface area contributed by atoms with Gasteiger partial charge in [-0.3, -0.25) is 9.69 Å². The summed E-state index contributed by atoms with van der Waals surface area (Å²) in [7, 11) is 5.12. The van der Waals surface area contributed by atoms with Crippen LogP contribution < -0.4 is 19.5 Å². The Balaban J connectivity index is 1.53. The Morgan fingerprint density at radius 3 is 2.69 bits per heavy atom. The van der Waals surface area contributed by atoms with Crippen LogP contribution in [0.15, 0.2) is 53.4 Å². The summed E-state index contributed by atoms with van der Waals surface area (Å²) in [5.41, 5.74) is 4.49. The number of hydrogen-bond acceptors (Lipinski definition) is 7. The van der Waals surface area contributed by atoms with Crippen molar-refractivity contribution in [3.63, 3.8) is 0 Å². The maximum atomic E-state index is 12.6. The van der Waals surface area contributed by atoms with Gasteiger partial charge in [0.05, 0.1) is 37.5 Å². The van der Waals surface area contributed by atoms with Crippen LogP contribution in [-0.4, -0.2) is 49.7 Å². The fraction of sp³-hybridized carbons (Fsp3) is 0.333. The third kappa shape index (κ3) is 6.45. The number of rotatable bonds is 11. The highest BCUT2D eigenvalue weighted by Crippen LogP contribution is 2.30. The number of aromatic nitrogens is 1. The first kappa shape index (κ1) is 23.6. The number of benzene rings is 2. The smallest absolute Gasteiger partial charge is 0.255 e. The summed E-state index contributed by atoms with van der Waals surface area (Å²) in [6, 6.07) is 13.2. The predicted octanol–water partition coefficient (Wildman–Crippen LogP) is 3.99. The normalized spacial score (nSPS) is 11.8. The molecule has 0 bridgehead atoms. The van der Waals surface area contributed by atoms with Crippen molar-refractivity contribution in [1.82, 2.24) is 15.2 Å². The van der Waals surface area contributed by atoms with Crippen molar-refractivity contribution in [3.8, 4) is 17.2 Å². The SMILES string of the molecule is COc1cccc(C(=O)NCC(C)Oc2cccc(CN(C)Cc3cscn3)c2)c1OC. The van der Waals surface area contributed by atoms with Crippen molar-refractivity contribution < 1.29 is 19.0 Å². The Bertz CT molecular complexity index is 1010. The van der Waals surface area contributed by atoms with Crippen molar-refractivity contribution in [3.05, 3.63) is 70.2 Å². The van der Waals surface area contributed by atoms with Gasteiger partial charge in [-0.05, 0) is 43.8 Å². The minimum atomic E-state index is -0.242. The fourth-order valence-corrected chi connectivity index (χ4v) is 3.90. The number of ether oxygens (including phenoxy) is 3. The third-order valence-corrected chi connectivity index (χ3v) is 5.44. The van der Waals surface area contributed by atoms with Crippen LogP contribution in [0.4, 0.5) is 0 Å². The monoisotopic (exact) mass is 455 g/mol. The molecule has 0 aliphatic carbocycles. The molecule has 1 heterocycles. The van der Waals surface area contributed by atoms with Crippen LogP contribution in [0.1, 0.15) is 28.5 Å². The molecule has 1 atom stereocenters. The molecule has 8 heteroatoms. The lowest BCUT2D eigenvalue weighted by atomic mass is 10.1. The number of nitrogens with zero attached hydrogens (tertiary/aromatic N) is 2. The fourth-order valence-electron chi connectivity index (χ4n) is 3.35. The van der Waals surface area contributed by atoms with Crippen molar-refractivity contribution in [2.75, 3.05) is 27.8 Å². The molecule has 3 rings (SSSR count). The molecule has 0 aliphatic heterocycles. The van der Waals surface area contributed by atoms with Crippen LogP contribution >= 0.6 is 11.3 Å². The van der Waals surface area contributed by atoms with Crippen LogP contribution in [-0.2, 0) is 13.1 Å². The average Bonchev–Trinajstić information content (AvgIpc) is 3.29. The van der Waals surface area contributed by atoms with Gasteiger partial charge in [-0.25, -0.2) is 4.98 Å². The van der Waals surface area contributed by atoms with E-state index < -0.39 is 0 Å². The number of thiazole rings is 1. The summed E-state index contributed by atoms with van der Waals surface area (Å²) >= 11 is 1.61. The van der Waals surface area contributed by atoms with E-state index in [0.29, 0.717) is 23.6 Å². The van der Waals surface area contributed by atoms with Gasteiger partial charge >= 0.3 is 0 Å². The lowest BCUT2D eigenvalue weighted by Gasteiger charge is -2.19. The molecule has 2 aromatic carbocycles. The maximum absolute atomic E-state index is 12.6. The highest BCUT2D eigenvalue weighted by Gasteiger charge is 2.17. The number of methoxy groups -OCH3 is 2.